The van der Waals surface area contributed by atoms with Gasteiger partial charge in [-0.1, -0.05) is 6.92 Å². The number of epoxide rings is 1. The lowest BCUT2D eigenvalue weighted by atomic mass is 10.1. The number of hydrogen-bond donors (Lipinski definition) is 0. The highest BCUT2D eigenvalue weighted by molar-refractivity contribution is 5.22. The van der Waals surface area contributed by atoms with Gasteiger partial charge in [0.1, 0.15) is 6.10 Å². The Kier molecular flexibility index (Phi) is 2.08. The minimum Gasteiger partial charge on any atom is -0.365 e. The molecule has 0 aliphatic carbocycles. The van der Waals surface area contributed by atoms with E-state index in [1.165, 1.54) is 0 Å². The van der Waals surface area contributed by atoms with Gasteiger partial charge in [-0.25, -0.2) is 0 Å². The molecule has 2 heteroatoms. The van der Waals surface area contributed by atoms with Crippen LogP contribution in [0.15, 0.2) is 11.6 Å². The van der Waals surface area contributed by atoms with Crippen molar-refractivity contribution in [1.82, 2.24) is 0 Å². The average Bonchev–Trinajstić information content (AvgIpc) is 2.62. The summed E-state index contributed by atoms with van der Waals surface area (Å²) in [6.45, 7) is 4.06. The second-order valence-corrected chi connectivity index (χ2v) is 2.46. The van der Waals surface area contributed by atoms with Crippen LogP contribution in [-0.2, 0) is 4.74 Å². The van der Waals surface area contributed by atoms with Gasteiger partial charge >= 0.3 is 0 Å². The number of allylic oxidation sites excluding steroid dienone is 1. The third kappa shape index (κ3) is 1.37. The zero-order valence-electron chi connectivity index (χ0n) is 6.29. The summed E-state index contributed by atoms with van der Waals surface area (Å²) < 4.78 is 5.20. The van der Waals surface area contributed by atoms with Gasteiger partial charge in [-0.15, -0.1) is 0 Å². The van der Waals surface area contributed by atoms with Gasteiger partial charge in [0.15, 0.2) is 0 Å². The fourth-order valence-electron chi connectivity index (χ4n) is 1.04. The van der Waals surface area contributed by atoms with Crippen LogP contribution in [0.25, 0.3) is 0 Å². The predicted molar refractivity (Wildman–Crippen MR) is 38.3 cm³/mol. The third-order valence-corrected chi connectivity index (χ3v) is 1.73. The largest absolute Gasteiger partial charge is 0.365 e. The van der Waals surface area contributed by atoms with Crippen LogP contribution in [0.2, 0.25) is 0 Å². The predicted octanol–water partition coefficient (Wildman–Crippen LogP) is 1.63. The standard InChI is InChI=1S/C8H11NO/c1-3-7(4-5-9)8-6(2)10-8/h4,6,8H,3H2,1-2H3/b7-4+. The molecule has 0 N–H and O–H groups in total. The molecule has 1 fully saturated rings. The molecule has 2 nitrogen and oxygen atoms in total. The van der Waals surface area contributed by atoms with Gasteiger partial charge in [0.25, 0.3) is 0 Å². The van der Waals surface area contributed by atoms with Gasteiger partial charge in [-0.2, -0.15) is 5.26 Å². The molecule has 1 aliphatic rings. The fourth-order valence-corrected chi connectivity index (χ4v) is 1.04. The Hall–Kier alpha value is -0.810. The van der Waals surface area contributed by atoms with Crippen molar-refractivity contribution in [2.24, 2.45) is 0 Å². The lowest BCUT2D eigenvalue weighted by molar-refractivity contribution is 0.393. The van der Waals surface area contributed by atoms with Crippen molar-refractivity contribution in [2.45, 2.75) is 32.5 Å². The molecule has 0 bridgehead atoms. The van der Waals surface area contributed by atoms with Crippen molar-refractivity contribution in [3.05, 3.63) is 11.6 Å². The van der Waals surface area contributed by atoms with E-state index in [1.807, 2.05) is 19.9 Å². The molecule has 0 spiro atoms. The van der Waals surface area contributed by atoms with E-state index < -0.39 is 0 Å². The van der Waals surface area contributed by atoms with E-state index in [4.69, 9.17) is 10.00 Å². The Balaban J connectivity index is 2.52. The summed E-state index contributed by atoms with van der Waals surface area (Å²) in [7, 11) is 0. The molecule has 0 saturated carbocycles. The van der Waals surface area contributed by atoms with E-state index in [-0.39, 0.29) is 6.10 Å². The van der Waals surface area contributed by atoms with Gasteiger partial charge in [-0.3, -0.25) is 0 Å². The molecule has 1 saturated heterocycles. The average molecular weight is 137 g/mol. The SMILES string of the molecule is CC/C(=C\C#N)C1OC1C. The van der Waals surface area contributed by atoms with Crippen LogP contribution >= 0.6 is 0 Å². The summed E-state index contributed by atoms with van der Waals surface area (Å²) in [4.78, 5) is 0. The second-order valence-electron chi connectivity index (χ2n) is 2.46. The second kappa shape index (κ2) is 2.85. The number of nitrogens with zero attached hydrogens (tertiary/aromatic N) is 1. The molecule has 0 aromatic carbocycles. The summed E-state index contributed by atoms with van der Waals surface area (Å²) in [6, 6.07) is 2.02. The minimum absolute atomic E-state index is 0.240. The first-order valence-corrected chi connectivity index (χ1v) is 3.53. The normalized spacial score (nSPS) is 31.5. The van der Waals surface area contributed by atoms with Crippen molar-refractivity contribution in [3.8, 4) is 6.07 Å². The highest BCUT2D eigenvalue weighted by Crippen LogP contribution is 2.29. The van der Waals surface area contributed by atoms with Gasteiger partial charge in [0, 0.05) is 6.08 Å². The molecule has 0 aromatic heterocycles. The van der Waals surface area contributed by atoms with E-state index in [2.05, 4.69) is 0 Å². The van der Waals surface area contributed by atoms with E-state index in [0.717, 1.165) is 12.0 Å². The maximum absolute atomic E-state index is 8.35. The van der Waals surface area contributed by atoms with Crippen molar-refractivity contribution in [1.29, 1.82) is 5.26 Å². The summed E-state index contributed by atoms with van der Waals surface area (Å²) in [5.74, 6) is 0. The molecule has 0 aromatic rings. The maximum atomic E-state index is 8.35. The highest BCUT2D eigenvalue weighted by Gasteiger charge is 2.36. The van der Waals surface area contributed by atoms with Crippen LogP contribution in [-0.4, -0.2) is 12.2 Å². The highest BCUT2D eigenvalue weighted by atomic mass is 16.6. The van der Waals surface area contributed by atoms with Gasteiger partial charge in [0.05, 0.1) is 12.2 Å². The lowest BCUT2D eigenvalue weighted by Crippen LogP contribution is -1.93. The van der Waals surface area contributed by atoms with Crippen LogP contribution in [0, 0.1) is 11.3 Å². The Bertz CT molecular complexity index is 190. The lowest BCUT2D eigenvalue weighted by Gasteiger charge is -1.93. The van der Waals surface area contributed by atoms with Gasteiger partial charge in [0.2, 0.25) is 0 Å². The van der Waals surface area contributed by atoms with E-state index in [9.17, 15) is 0 Å². The summed E-state index contributed by atoms with van der Waals surface area (Å²) in [5, 5.41) is 8.35. The number of rotatable bonds is 2. The Morgan fingerprint density at radius 2 is 2.40 bits per heavy atom. The van der Waals surface area contributed by atoms with Crippen LogP contribution in [0.5, 0.6) is 0 Å². The van der Waals surface area contributed by atoms with E-state index in [0.29, 0.717) is 6.10 Å². The van der Waals surface area contributed by atoms with E-state index in [1.54, 1.807) is 6.08 Å². The topological polar surface area (TPSA) is 36.3 Å². The maximum Gasteiger partial charge on any atom is 0.106 e. The Labute approximate surface area is 61.1 Å². The molecule has 1 rings (SSSR count). The molecule has 10 heavy (non-hydrogen) atoms. The first kappa shape index (κ1) is 7.30. The quantitative estimate of drug-likeness (QED) is 0.428. The first-order chi connectivity index (χ1) is 4.79. The summed E-state index contributed by atoms with van der Waals surface area (Å²) >= 11 is 0. The van der Waals surface area contributed by atoms with Crippen molar-refractivity contribution in [3.63, 3.8) is 0 Å². The molecular formula is C8H11NO. The number of ether oxygens (including phenoxy) is 1. The zero-order valence-corrected chi connectivity index (χ0v) is 6.29. The van der Waals surface area contributed by atoms with Gasteiger partial charge in [-0.05, 0) is 18.9 Å². The van der Waals surface area contributed by atoms with Crippen LogP contribution in [0.1, 0.15) is 20.3 Å². The number of hydrogen-bond acceptors (Lipinski definition) is 2. The smallest absolute Gasteiger partial charge is 0.106 e. The van der Waals surface area contributed by atoms with Crippen LogP contribution in [0.4, 0.5) is 0 Å². The molecule has 0 amide bonds. The monoisotopic (exact) mass is 137 g/mol. The fraction of sp³-hybridized carbons (Fsp3) is 0.625. The zero-order chi connectivity index (χ0) is 7.56. The molecule has 1 aliphatic heterocycles. The number of nitriles is 1. The summed E-state index contributed by atoms with van der Waals surface area (Å²) in [6.07, 6.45) is 3.08. The van der Waals surface area contributed by atoms with Crippen molar-refractivity contribution >= 4 is 0 Å². The Morgan fingerprint density at radius 1 is 1.80 bits per heavy atom. The summed E-state index contributed by atoms with van der Waals surface area (Å²) in [5.41, 5.74) is 1.12. The van der Waals surface area contributed by atoms with E-state index >= 15 is 0 Å². The van der Waals surface area contributed by atoms with Crippen molar-refractivity contribution < 1.29 is 4.74 Å². The van der Waals surface area contributed by atoms with Gasteiger partial charge < -0.3 is 4.74 Å². The third-order valence-electron chi connectivity index (χ3n) is 1.73. The Morgan fingerprint density at radius 3 is 2.70 bits per heavy atom. The minimum atomic E-state index is 0.240. The molecule has 2 atom stereocenters. The van der Waals surface area contributed by atoms with Crippen LogP contribution in [0.3, 0.4) is 0 Å². The molecular weight excluding hydrogens is 126 g/mol. The molecule has 2 unspecified atom stereocenters. The first-order valence-electron chi connectivity index (χ1n) is 3.53. The molecule has 1 heterocycles. The van der Waals surface area contributed by atoms with Crippen LogP contribution < -0.4 is 0 Å². The molecule has 54 valence electrons. The van der Waals surface area contributed by atoms with Crippen molar-refractivity contribution in [2.75, 3.05) is 0 Å². The molecule has 0 radical (unpaired) electrons.